The van der Waals surface area contributed by atoms with Crippen LogP contribution in [0.4, 0.5) is 14.5 Å². The number of aromatic carboxylic acids is 1. The first-order valence-corrected chi connectivity index (χ1v) is 3.99. The molecule has 17 heavy (non-hydrogen) atoms. The number of alkyl halides is 2. The van der Waals surface area contributed by atoms with Gasteiger partial charge in [0.2, 0.25) is 5.69 Å². The molecule has 88 valence electrons. The zero-order chi connectivity index (χ0) is 13.2. The Kier molecular flexibility index (Phi) is 3.28. The SMILES string of the molecule is N#Cc1cc(C(F)F)c([N+](=O)[O-])c(C(=O)O)n1. The van der Waals surface area contributed by atoms with Gasteiger partial charge < -0.3 is 5.11 Å². The summed E-state index contributed by atoms with van der Waals surface area (Å²) in [6.07, 6.45) is -3.27. The molecule has 0 saturated heterocycles. The topological polar surface area (TPSA) is 117 Å². The van der Waals surface area contributed by atoms with E-state index in [1.165, 1.54) is 6.07 Å². The van der Waals surface area contributed by atoms with Crippen LogP contribution in [0.1, 0.15) is 28.2 Å². The van der Waals surface area contributed by atoms with Crippen LogP contribution in [0.3, 0.4) is 0 Å². The number of carbonyl (C=O) groups is 1. The van der Waals surface area contributed by atoms with Crippen LogP contribution >= 0.6 is 0 Å². The third-order valence-corrected chi connectivity index (χ3v) is 1.76. The first-order chi connectivity index (χ1) is 7.88. The van der Waals surface area contributed by atoms with E-state index in [0.29, 0.717) is 6.07 Å². The summed E-state index contributed by atoms with van der Waals surface area (Å²) in [4.78, 5) is 23.0. The zero-order valence-electron chi connectivity index (χ0n) is 7.92. The number of halogens is 2. The van der Waals surface area contributed by atoms with Crippen molar-refractivity contribution >= 4 is 11.7 Å². The lowest BCUT2D eigenvalue weighted by Crippen LogP contribution is -2.10. The number of carboxylic acid groups (broad SMARTS) is 1. The van der Waals surface area contributed by atoms with Gasteiger partial charge in [0.05, 0.1) is 4.92 Å². The Hall–Kier alpha value is -2.63. The van der Waals surface area contributed by atoms with Crippen LogP contribution in [-0.4, -0.2) is 21.0 Å². The van der Waals surface area contributed by atoms with Crippen LogP contribution in [0, 0.1) is 21.4 Å². The average molecular weight is 243 g/mol. The Balaban J connectivity index is 3.69. The Morgan fingerprint density at radius 3 is 2.59 bits per heavy atom. The molecule has 0 saturated carbocycles. The molecule has 0 aromatic carbocycles. The van der Waals surface area contributed by atoms with Gasteiger partial charge in [-0.15, -0.1) is 0 Å². The maximum atomic E-state index is 12.5. The predicted octanol–water partition coefficient (Wildman–Crippen LogP) is 1.50. The molecule has 0 aliphatic heterocycles. The zero-order valence-corrected chi connectivity index (χ0v) is 7.92. The molecule has 0 fully saturated rings. The summed E-state index contributed by atoms with van der Waals surface area (Å²) in [5, 5.41) is 27.6. The summed E-state index contributed by atoms with van der Waals surface area (Å²) < 4.78 is 25.0. The van der Waals surface area contributed by atoms with Crippen molar-refractivity contribution in [3.05, 3.63) is 33.1 Å². The average Bonchev–Trinajstić information content (AvgIpc) is 2.26. The number of pyridine rings is 1. The molecule has 0 aliphatic rings. The summed E-state index contributed by atoms with van der Waals surface area (Å²) in [5.74, 6) is -1.85. The van der Waals surface area contributed by atoms with Crippen LogP contribution in [0.2, 0.25) is 0 Å². The number of nitriles is 1. The first kappa shape index (κ1) is 12.4. The third kappa shape index (κ3) is 2.31. The maximum absolute atomic E-state index is 12.5. The van der Waals surface area contributed by atoms with E-state index in [1.807, 2.05) is 0 Å². The van der Waals surface area contributed by atoms with E-state index in [0.717, 1.165) is 0 Å². The molecule has 0 radical (unpaired) electrons. The molecule has 0 spiro atoms. The summed E-state index contributed by atoms with van der Waals surface area (Å²) in [6, 6.07) is 1.85. The van der Waals surface area contributed by atoms with Crippen molar-refractivity contribution < 1.29 is 23.6 Å². The summed E-state index contributed by atoms with van der Waals surface area (Å²) in [5.41, 5.74) is -4.24. The number of nitrogens with zero attached hydrogens (tertiary/aromatic N) is 3. The third-order valence-electron chi connectivity index (χ3n) is 1.76. The molecule has 0 bridgehead atoms. The predicted molar refractivity (Wildman–Crippen MR) is 47.5 cm³/mol. The fourth-order valence-corrected chi connectivity index (χ4v) is 1.12. The number of hydrogen-bond donors (Lipinski definition) is 1. The number of nitro groups is 1. The fourth-order valence-electron chi connectivity index (χ4n) is 1.12. The van der Waals surface area contributed by atoms with Crippen LogP contribution in [0.25, 0.3) is 0 Å². The van der Waals surface area contributed by atoms with Gasteiger partial charge in [-0.2, -0.15) is 5.26 Å². The highest BCUT2D eigenvalue weighted by Crippen LogP contribution is 2.31. The lowest BCUT2D eigenvalue weighted by Gasteiger charge is -2.04. The molecular formula is C8H3F2N3O4. The van der Waals surface area contributed by atoms with Gasteiger partial charge in [0, 0.05) is 0 Å². The molecule has 1 rings (SSSR count). The van der Waals surface area contributed by atoms with Gasteiger partial charge in [-0.3, -0.25) is 10.1 Å². The van der Waals surface area contributed by atoms with Crippen LogP contribution in [-0.2, 0) is 0 Å². The second-order valence-electron chi connectivity index (χ2n) is 2.77. The Bertz CT molecular complexity index is 538. The van der Waals surface area contributed by atoms with E-state index in [2.05, 4.69) is 4.98 Å². The minimum Gasteiger partial charge on any atom is -0.476 e. The molecule has 1 heterocycles. The van der Waals surface area contributed by atoms with Crippen molar-refractivity contribution in [2.24, 2.45) is 0 Å². The molecule has 1 N–H and O–H groups in total. The molecule has 0 amide bonds. The summed E-state index contributed by atoms with van der Waals surface area (Å²) in [6.45, 7) is 0. The minimum atomic E-state index is -3.27. The Labute approximate surface area is 92.1 Å². The first-order valence-electron chi connectivity index (χ1n) is 3.99. The van der Waals surface area contributed by atoms with Gasteiger partial charge in [0.25, 0.3) is 6.43 Å². The molecular weight excluding hydrogens is 240 g/mol. The van der Waals surface area contributed by atoms with Gasteiger partial charge in [-0.05, 0) is 6.07 Å². The molecule has 7 nitrogen and oxygen atoms in total. The Morgan fingerprint density at radius 2 is 2.24 bits per heavy atom. The van der Waals surface area contributed by atoms with Crippen molar-refractivity contribution in [1.82, 2.24) is 4.98 Å². The van der Waals surface area contributed by atoms with Crippen molar-refractivity contribution in [3.63, 3.8) is 0 Å². The molecule has 1 aromatic rings. The molecule has 9 heteroatoms. The van der Waals surface area contributed by atoms with Crippen LogP contribution in [0.15, 0.2) is 6.07 Å². The van der Waals surface area contributed by atoms with Gasteiger partial charge in [-0.25, -0.2) is 18.6 Å². The highest BCUT2D eigenvalue weighted by atomic mass is 19.3. The molecule has 0 aliphatic carbocycles. The molecule has 0 unspecified atom stereocenters. The number of carboxylic acids is 1. The van der Waals surface area contributed by atoms with Gasteiger partial charge in [0.1, 0.15) is 17.3 Å². The Morgan fingerprint density at radius 1 is 1.65 bits per heavy atom. The fraction of sp³-hybridized carbons (Fsp3) is 0.125. The number of aromatic nitrogens is 1. The van der Waals surface area contributed by atoms with E-state index < -0.39 is 40.0 Å². The quantitative estimate of drug-likeness (QED) is 0.634. The molecule has 1 aromatic heterocycles. The second-order valence-corrected chi connectivity index (χ2v) is 2.77. The van der Waals surface area contributed by atoms with E-state index in [1.54, 1.807) is 0 Å². The van der Waals surface area contributed by atoms with Gasteiger partial charge in [-0.1, -0.05) is 0 Å². The normalized spacial score (nSPS) is 10.0. The van der Waals surface area contributed by atoms with E-state index in [-0.39, 0.29) is 0 Å². The second kappa shape index (κ2) is 4.48. The largest absolute Gasteiger partial charge is 0.476 e. The van der Waals surface area contributed by atoms with Crippen molar-refractivity contribution in [2.75, 3.05) is 0 Å². The monoisotopic (exact) mass is 243 g/mol. The van der Waals surface area contributed by atoms with Gasteiger partial charge in [0.15, 0.2) is 0 Å². The van der Waals surface area contributed by atoms with Crippen molar-refractivity contribution in [1.29, 1.82) is 5.26 Å². The van der Waals surface area contributed by atoms with E-state index >= 15 is 0 Å². The maximum Gasteiger partial charge on any atom is 0.361 e. The number of hydrogen-bond acceptors (Lipinski definition) is 5. The summed E-state index contributed by atoms with van der Waals surface area (Å²) >= 11 is 0. The van der Waals surface area contributed by atoms with E-state index in [9.17, 15) is 23.7 Å². The highest BCUT2D eigenvalue weighted by molar-refractivity contribution is 5.91. The standard InChI is InChI=1S/C8H3F2N3O4/c9-7(10)4-1-3(2-11)12-5(8(14)15)6(4)13(16)17/h1,7H,(H,14,15). The van der Waals surface area contributed by atoms with E-state index in [4.69, 9.17) is 10.4 Å². The van der Waals surface area contributed by atoms with Gasteiger partial charge >= 0.3 is 11.7 Å². The lowest BCUT2D eigenvalue weighted by molar-refractivity contribution is -0.386. The summed E-state index contributed by atoms with van der Waals surface area (Å²) in [7, 11) is 0. The van der Waals surface area contributed by atoms with Crippen LogP contribution in [0.5, 0.6) is 0 Å². The highest BCUT2D eigenvalue weighted by Gasteiger charge is 2.31. The lowest BCUT2D eigenvalue weighted by atomic mass is 10.1. The van der Waals surface area contributed by atoms with Crippen LogP contribution < -0.4 is 0 Å². The van der Waals surface area contributed by atoms with Crippen molar-refractivity contribution in [3.8, 4) is 6.07 Å². The number of rotatable bonds is 3. The smallest absolute Gasteiger partial charge is 0.361 e. The van der Waals surface area contributed by atoms with Crippen molar-refractivity contribution in [2.45, 2.75) is 6.43 Å². The minimum absolute atomic E-state index is 0.495. The molecule has 0 atom stereocenters.